The van der Waals surface area contributed by atoms with Crippen molar-refractivity contribution in [3.63, 3.8) is 0 Å². The average molecular weight is 389 g/mol. The summed E-state index contributed by atoms with van der Waals surface area (Å²) < 4.78 is 1.91. The molecule has 1 aliphatic heterocycles. The molecule has 0 spiro atoms. The number of aromatic nitrogens is 2. The summed E-state index contributed by atoms with van der Waals surface area (Å²) in [5.74, 6) is 0.683. The highest BCUT2D eigenvalue weighted by atomic mass is 32.1. The Hall–Kier alpha value is -2.15. The molecule has 0 saturated heterocycles. The topological polar surface area (TPSA) is 67.2 Å². The lowest BCUT2D eigenvalue weighted by Crippen LogP contribution is -2.43. The second-order valence-electron chi connectivity index (χ2n) is 7.51. The van der Waals surface area contributed by atoms with Gasteiger partial charge in [-0.15, -0.1) is 11.3 Å². The average Bonchev–Trinajstić information content (AvgIpc) is 3.31. The summed E-state index contributed by atoms with van der Waals surface area (Å²) in [6, 6.07) is 5.93. The molecule has 2 aromatic rings. The van der Waals surface area contributed by atoms with Crippen LogP contribution in [0.2, 0.25) is 0 Å². The lowest BCUT2D eigenvalue weighted by atomic mass is 10.1. The van der Waals surface area contributed by atoms with E-state index in [1.807, 2.05) is 27.1 Å². The molecule has 0 saturated carbocycles. The molecule has 3 rings (SSSR count). The number of carbonyl (C=O) groups is 2. The van der Waals surface area contributed by atoms with Crippen molar-refractivity contribution in [2.45, 2.75) is 52.1 Å². The fraction of sp³-hybridized carbons (Fsp3) is 0.550. The Bertz CT molecular complexity index is 754. The van der Waals surface area contributed by atoms with Crippen LogP contribution in [-0.2, 0) is 22.6 Å². The highest BCUT2D eigenvalue weighted by molar-refractivity contribution is 7.09. The first-order chi connectivity index (χ1) is 13.0. The Morgan fingerprint density at radius 3 is 2.96 bits per heavy atom. The van der Waals surface area contributed by atoms with Crippen molar-refractivity contribution in [1.82, 2.24) is 20.0 Å². The van der Waals surface area contributed by atoms with Gasteiger partial charge >= 0.3 is 0 Å². The third-order valence-electron chi connectivity index (χ3n) is 4.87. The monoisotopic (exact) mass is 388 g/mol. The SMILES string of the molecule is CC(C)CCC(=O)N1Cc2ccnn2[C@H](CC(=O)NCCc2cccs2)C1. The van der Waals surface area contributed by atoms with Gasteiger partial charge in [-0.25, -0.2) is 0 Å². The van der Waals surface area contributed by atoms with Gasteiger partial charge in [0.2, 0.25) is 11.8 Å². The Morgan fingerprint density at radius 1 is 1.37 bits per heavy atom. The van der Waals surface area contributed by atoms with Crippen molar-refractivity contribution in [2.24, 2.45) is 5.92 Å². The first-order valence-corrected chi connectivity index (χ1v) is 10.5. The summed E-state index contributed by atoms with van der Waals surface area (Å²) in [5.41, 5.74) is 0.996. The third-order valence-corrected chi connectivity index (χ3v) is 5.80. The quantitative estimate of drug-likeness (QED) is 0.756. The zero-order valence-electron chi connectivity index (χ0n) is 16.1. The van der Waals surface area contributed by atoms with Gasteiger partial charge in [0.1, 0.15) is 0 Å². The van der Waals surface area contributed by atoms with E-state index in [0.717, 1.165) is 18.5 Å². The van der Waals surface area contributed by atoms with Crippen molar-refractivity contribution in [3.05, 3.63) is 40.3 Å². The van der Waals surface area contributed by atoms with Gasteiger partial charge in [-0.1, -0.05) is 19.9 Å². The number of nitrogens with one attached hydrogen (secondary N) is 1. The van der Waals surface area contributed by atoms with Crippen molar-refractivity contribution in [2.75, 3.05) is 13.1 Å². The number of nitrogens with zero attached hydrogens (tertiary/aromatic N) is 3. The van der Waals surface area contributed by atoms with Crippen molar-refractivity contribution in [3.8, 4) is 0 Å². The van der Waals surface area contributed by atoms with E-state index in [4.69, 9.17) is 0 Å². The standard InChI is InChI=1S/C20H28N4O2S/c1-15(2)5-6-20(26)23-13-16-7-10-22-24(16)17(14-23)12-19(25)21-9-8-18-4-3-11-27-18/h3-4,7,10-11,15,17H,5-6,8-9,12-14H2,1-2H3,(H,21,25)/t17-/m1/s1. The molecule has 1 aliphatic rings. The van der Waals surface area contributed by atoms with E-state index >= 15 is 0 Å². The van der Waals surface area contributed by atoms with E-state index in [9.17, 15) is 9.59 Å². The molecule has 0 bridgehead atoms. The second kappa shape index (κ2) is 9.17. The van der Waals surface area contributed by atoms with Crippen LogP contribution in [0.4, 0.5) is 0 Å². The molecule has 0 aromatic carbocycles. The summed E-state index contributed by atoms with van der Waals surface area (Å²) in [5, 5.41) is 9.42. The van der Waals surface area contributed by atoms with Gasteiger partial charge < -0.3 is 10.2 Å². The molecule has 2 amide bonds. The second-order valence-corrected chi connectivity index (χ2v) is 8.54. The highest BCUT2D eigenvalue weighted by Crippen LogP contribution is 2.24. The van der Waals surface area contributed by atoms with Gasteiger partial charge in [-0.3, -0.25) is 14.3 Å². The van der Waals surface area contributed by atoms with Gasteiger partial charge in [-0.05, 0) is 36.3 Å². The van der Waals surface area contributed by atoms with Crippen LogP contribution >= 0.6 is 11.3 Å². The number of thiophene rings is 1. The summed E-state index contributed by atoms with van der Waals surface area (Å²) in [6.07, 6.45) is 4.39. The van der Waals surface area contributed by atoms with E-state index < -0.39 is 0 Å². The van der Waals surface area contributed by atoms with Gasteiger partial charge in [0.25, 0.3) is 0 Å². The normalized spacial score (nSPS) is 16.4. The number of amides is 2. The molecule has 2 aromatic heterocycles. The maximum absolute atomic E-state index is 12.6. The summed E-state index contributed by atoms with van der Waals surface area (Å²) >= 11 is 1.70. The molecule has 0 fully saturated rings. The fourth-order valence-electron chi connectivity index (χ4n) is 3.36. The minimum atomic E-state index is -0.103. The van der Waals surface area contributed by atoms with E-state index in [0.29, 0.717) is 38.4 Å². The number of rotatable bonds is 8. The van der Waals surface area contributed by atoms with Crippen molar-refractivity contribution in [1.29, 1.82) is 0 Å². The Kier molecular flexibility index (Phi) is 6.66. The van der Waals surface area contributed by atoms with Crippen molar-refractivity contribution < 1.29 is 9.59 Å². The predicted molar refractivity (Wildman–Crippen MR) is 106 cm³/mol. The van der Waals surface area contributed by atoms with Crippen LogP contribution in [0.25, 0.3) is 0 Å². The van der Waals surface area contributed by atoms with E-state index in [1.54, 1.807) is 17.5 Å². The van der Waals surface area contributed by atoms with Crippen molar-refractivity contribution >= 4 is 23.2 Å². The van der Waals surface area contributed by atoms with Crippen LogP contribution < -0.4 is 5.32 Å². The first kappa shape index (κ1) is 19.6. The minimum absolute atomic E-state index is 0.00878. The van der Waals surface area contributed by atoms with Crippen LogP contribution in [0.3, 0.4) is 0 Å². The molecule has 0 radical (unpaired) electrons. The predicted octanol–water partition coefficient (Wildman–Crippen LogP) is 3.01. The Labute approximate surface area is 164 Å². The largest absolute Gasteiger partial charge is 0.356 e. The Morgan fingerprint density at radius 2 is 2.22 bits per heavy atom. The fourth-order valence-corrected chi connectivity index (χ4v) is 4.07. The number of hydrogen-bond acceptors (Lipinski definition) is 4. The molecule has 27 heavy (non-hydrogen) atoms. The third kappa shape index (κ3) is 5.42. The Balaban J connectivity index is 1.55. The molecule has 146 valence electrons. The number of carbonyl (C=O) groups excluding carboxylic acids is 2. The summed E-state index contributed by atoms with van der Waals surface area (Å²) in [4.78, 5) is 28.1. The van der Waals surface area contributed by atoms with Crippen LogP contribution in [0.1, 0.15) is 49.7 Å². The zero-order valence-corrected chi connectivity index (χ0v) is 16.9. The lowest BCUT2D eigenvalue weighted by molar-refractivity contribution is -0.134. The zero-order chi connectivity index (χ0) is 19.2. The van der Waals surface area contributed by atoms with Gasteiger partial charge in [0, 0.05) is 30.6 Å². The molecule has 3 heterocycles. The van der Waals surface area contributed by atoms with Gasteiger partial charge in [0.05, 0.1) is 24.7 Å². The van der Waals surface area contributed by atoms with E-state index in [2.05, 4.69) is 30.3 Å². The van der Waals surface area contributed by atoms with Crippen LogP contribution in [0.5, 0.6) is 0 Å². The van der Waals surface area contributed by atoms with Gasteiger partial charge in [0.15, 0.2) is 0 Å². The maximum Gasteiger partial charge on any atom is 0.223 e. The lowest BCUT2D eigenvalue weighted by Gasteiger charge is -2.34. The summed E-state index contributed by atoms with van der Waals surface area (Å²) in [7, 11) is 0. The van der Waals surface area contributed by atoms with Gasteiger partial charge in [-0.2, -0.15) is 5.10 Å². The van der Waals surface area contributed by atoms with Crippen LogP contribution in [-0.4, -0.2) is 39.6 Å². The summed E-state index contributed by atoms with van der Waals surface area (Å²) in [6.45, 7) is 6.01. The molecule has 0 aliphatic carbocycles. The molecule has 1 atom stereocenters. The number of hydrogen-bond donors (Lipinski definition) is 1. The van der Waals surface area contributed by atoms with Crippen LogP contribution in [0, 0.1) is 5.92 Å². The number of fused-ring (bicyclic) bond motifs is 1. The molecule has 0 unspecified atom stereocenters. The van der Waals surface area contributed by atoms with E-state index in [-0.39, 0.29) is 17.9 Å². The molecule has 7 heteroatoms. The molecule has 1 N–H and O–H groups in total. The molecular weight excluding hydrogens is 360 g/mol. The van der Waals surface area contributed by atoms with E-state index in [1.165, 1.54) is 4.88 Å². The highest BCUT2D eigenvalue weighted by Gasteiger charge is 2.29. The first-order valence-electron chi connectivity index (χ1n) is 9.62. The maximum atomic E-state index is 12.6. The smallest absolute Gasteiger partial charge is 0.223 e. The molecular formula is C20H28N4O2S. The minimum Gasteiger partial charge on any atom is -0.356 e. The molecule has 6 nitrogen and oxygen atoms in total. The van der Waals surface area contributed by atoms with Crippen LogP contribution in [0.15, 0.2) is 29.8 Å².